The monoisotopic (exact) mass is 304 g/mol. The second kappa shape index (κ2) is 5.58. The topological polar surface area (TPSA) is 46.3 Å². The van der Waals surface area contributed by atoms with Crippen molar-refractivity contribution < 1.29 is 9.18 Å². The molecule has 0 saturated carbocycles. The van der Waals surface area contributed by atoms with E-state index in [2.05, 4.69) is 0 Å². The molecule has 1 aromatic heterocycles. The van der Waals surface area contributed by atoms with Crippen LogP contribution in [-0.4, -0.2) is 29.9 Å². The average Bonchev–Trinajstić information content (AvgIpc) is 3.05. The van der Waals surface area contributed by atoms with Gasteiger partial charge in [0.05, 0.1) is 4.88 Å². The highest BCUT2D eigenvalue weighted by Gasteiger charge is 2.26. The predicted molar refractivity (Wildman–Crippen MR) is 82.9 cm³/mol. The number of aryl methyl sites for hydroxylation is 1. The van der Waals surface area contributed by atoms with Gasteiger partial charge in [0, 0.05) is 24.0 Å². The highest BCUT2D eigenvalue weighted by atomic mass is 32.1. The number of likely N-dealkylation sites (tertiary alicyclic amines) is 1. The standard InChI is InChI=1S/C16H17FN2OS/c1-10-8-14(16(20)19-7-6-13(18)9-19)21-15(10)11-2-4-12(17)5-3-11/h2-5,8,13H,6-7,9,18H2,1H3/t13-/m1/s1. The first-order valence-electron chi connectivity index (χ1n) is 6.96. The number of amides is 1. The highest BCUT2D eigenvalue weighted by Crippen LogP contribution is 2.33. The Morgan fingerprint density at radius 2 is 2.10 bits per heavy atom. The number of halogens is 1. The number of nitrogens with zero attached hydrogens (tertiary/aromatic N) is 1. The molecule has 0 radical (unpaired) electrons. The Morgan fingerprint density at radius 3 is 2.71 bits per heavy atom. The summed E-state index contributed by atoms with van der Waals surface area (Å²) in [4.78, 5) is 16.0. The maximum absolute atomic E-state index is 13.0. The first-order chi connectivity index (χ1) is 10.0. The van der Waals surface area contributed by atoms with Gasteiger partial charge in [-0.25, -0.2) is 4.39 Å². The van der Waals surface area contributed by atoms with E-state index in [1.165, 1.54) is 23.5 Å². The Morgan fingerprint density at radius 1 is 1.38 bits per heavy atom. The summed E-state index contributed by atoms with van der Waals surface area (Å²) in [5.74, 6) is -0.209. The third-order valence-corrected chi connectivity index (χ3v) is 5.02. The number of hydrogen-bond donors (Lipinski definition) is 1. The summed E-state index contributed by atoms with van der Waals surface area (Å²) >= 11 is 1.46. The molecule has 2 aromatic rings. The second-order valence-electron chi connectivity index (χ2n) is 5.43. The van der Waals surface area contributed by atoms with Gasteiger partial charge in [0.1, 0.15) is 5.82 Å². The van der Waals surface area contributed by atoms with E-state index in [-0.39, 0.29) is 17.8 Å². The van der Waals surface area contributed by atoms with Gasteiger partial charge in [0.15, 0.2) is 0 Å². The first kappa shape index (κ1) is 14.2. The SMILES string of the molecule is Cc1cc(C(=O)N2CC[C@@H](N)C2)sc1-c1ccc(F)cc1. The summed E-state index contributed by atoms with van der Waals surface area (Å²) in [5, 5.41) is 0. The fraction of sp³-hybridized carbons (Fsp3) is 0.312. The second-order valence-corrected chi connectivity index (χ2v) is 6.48. The lowest BCUT2D eigenvalue weighted by atomic mass is 10.1. The number of carbonyl (C=O) groups excluding carboxylic acids is 1. The van der Waals surface area contributed by atoms with E-state index in [4.69, 9.17) is 5.73 Å². The van der Waals surface area contributed by atoms with Crippen LogP contribution >= 0.6 is 11.3 Å². The Kier molecular flexibility index (Phi) is 3.78. The fourth-order valence-electron chi connectivity index (χ4n) is 2.60. The van der Waals surface area contributed by atoms with Crippen LogP contribution in [0.4, 0.5) is 4.39 Å². The molecule has 1 fully saturated rings. The molecule has 1 atom stereocenters. The van der Waals surface area contributed by atoms with Crippen molar-refractivity contribution in [3.63, 3.8) is 0 Å². The summed E-state index contributed by atoms with van der Waals surface area (Å²) in [6.45, 7) is 3.33. The van der Waals surface area contributed by atoms with Crippen molar-refractivity contribution in [1.29, 1.82) is 0 Å². The average molecular weight is 304 g/mol. The van der Waals surface area contributed by atoms with Gasteiger partial charge in [-0.15, -0.1) is 11.3 Å². The van der Waals surface area contributed by atoms with Crippen LogP contribution < -0.4 is 5.73 Å². The van der Waals surface area contributed by atoms with E-state index in [1.807, 2.05) is 17.9 Å². The van der Waals surface area contributed by atoms with Gasteiger partial charge in [0.2, 0.25) is 0 Å². The van der Waals surface area contributed by atoms with E-state index < -0.39 is 0 Å². The largest absolute Gasteiger partial charge is 0.336 e. The number of benzene rings is 1. The molecule has 0 aliphatic carbocycles. The van der Waals surface area contributed by atoms with Crippen molar-refractivity contribution in [3.05, 3.63) is 46.6 Å². The van der Waals surface area contributed by atoms with Crippen molar-refractivity contribution in [1.82, 2.24) is 4.90 Å². The Labute approximate surface area is 127 Å². The maximum atomic E-state index is 13.0. The summed E-state index contributed by atoms with van der Waals surface area (Å²) in [7, 11) is 0. The van der Waals surface area contributed by atoms with E-state index in [9.17, 15) is 9.18 Å². The number of hydrogen-bond acceptors (Lipinski definition) is 3. The molecule has 0 unspecified atom stereocenters. The number of carbonyl (C=O) groups is 1. The van der Waals surface area contributed by atoms with Crippen LogP contribution in [0.5, 0.6) is 0 Å². The molecule has 5 heteroatoms. The third kappa shape index (κ3) is 2.84. The minimum atomic E-state index is -0.254. The maximum Gasteiger partial charge on any atom is 0.264 e. The summed E-state index contributed by atoms with van der Waals surface area (Å²) in [6, 6.07) is 8.37. The molecule has 110 valence electrons. The van der Waals surface area contributed by atoms with Gasteiger partial charge < -0.3 is 10.6 Å². The number of rotatable bonds is 2. The van der Waals surface area contributed by atoms with E-state index in [1.54, 1.807) is 12.1 Å². The van der Waals surface area contributed by atoms with Gasteiger partial charge in [-0.1, -0.05) is 12.1 Å². The summed E-state index contributed by atoms with van der Waals surface area (Å²) in [5.41, 5.74) is 7.84. The highest BCUT2D eigenvalue weighted by molar-refractivity contribution is 7.17. The van der Waals surface area contributed by atoms with Crippen LogP contribution in [0.2, 0.25) is 0 Å². The zero-order chi connectivity index (χ0) is 15.0. The molecule has 21 heavy (non-hydrogen) atoms. The molecule has 3 nitrogen and oxygen atoms in total. The lowest BCUT2D eigenvalue weighted by Crippen LogP contribution is -2.31. The lowest BCUT2D eigenvalue weighted by molar-refractivity contribution is 0.0795. The van der Waals surface area contributed by atoms with Crippen LogP contribution in [0, 0.1) is 12.7 Å². The molecular weight excluding hydrogens is 287 g/mol. The molecule has 1 aromatic carbocycles. The molecule has 1 amide bonds. The van der Waals surface area contributed by atoms with Gasteiger partial charge in [0.25, 0.3) is 5.91 Å². The molecular formula is C16H17FN2OS. The summed E-state index contributed by atoms with van der Waals surface area (Å²) < 4.78 is 13.0. The summed E-state index contributed by atoms with van der Waals surface area (Å²) in [6.07, 6.45) is 0.862. The van der Waals surface area contributed by atoms with E-state index in [0.29, 0.717) is 6.54 Å². The van der Waals surface area contributed by atoms with Gasteiger partial charge >= 0.3 is 0 Å². The van der Waals surface area contributed by atoms with E-state index in [0.717, 1.165) is 33.8 Å². The Bertz CT molecular complexity index is 665. The smallest absolute Gasteiger partial charge is 0.264 e. The van der Waals surface area contributed by atoms with Gasteiger partial charge in [-0.2, -0.15) is 0 Å². The molecule has 1 saturated heterocycles. The minimum Gasteiger partial charge on any atom is -0.336 e. The molecule has 0 bridgehead atoms. The lowest BCUT2D eigenvalue weighted by Gasteiger charge is -2.14. The first-order valence-corrected chi connectivity index (χ1v) is 7.77. The van der Waals surface area contributed by atoms with Crippen LogP contribution in [-0.2, 0) is 0 Å². The molecule has 0 spiro atoms. The van der Waals surface area contributed by atoms with Crippen molar-refractivity contribution >= 4 is 17.2 Å². The minimum absolute atomic E-state index is 0.0458. The normalized spacial score (nSPS) is 18.2. The van der Waals surface area contributed by atoms with Gasteiger partial charge in [-0.3, -0.25) is 4.79 Å². The zero-order valence-corrected chi connectivity index (χ0v) is 12.6. The molecule has 3 rings (SSSR count). The Balaban J connectivity index is 1.87. The van der Waals surface area contributed by atoms with Crippen LogP contribution in [0.3, 0.4) is 0 Å². The number of thiophene rings is 1. The van der Waals surface area contributed by atoms with Crippen molar-refractivity contribution in [2.45, 2.75) is 19.4 Å². The molecule has 1 aliphatic heterocycles. The van der Waals surface area contributed by atoms with Crippen molar-refractivity contribution in [2.75, 3.05) is 13.1 Å². The number of nitrogens with two attached hydrogens (primary N) is 1. The van der Waals surface area contributed by atoms with Crippen LogP contribution in [0.1, 0.15) is 21.7 Å². The van der Waals surface area contributed by atoms with Crippen LogP contribution in [0.15, 0.2) is 30.3 Å². The third-order valence-electron chi connectivity index (χ3n) is 3.75. The van der Waals surface area contributed by atoms with E-state index >= 15 is 0 Å². The van der Waals surface area contributed by atoms with Crippen molar-refractivity contribution in [2.24, 2.45) is 5.73 Å². The predicted octanol–water partition coefficient (Wildman–Crippen LogP) is 3.04. The molecule has 1 aliphatic rings. The zero-order valence-electron chi connectivity index (χ0n) is 11.8. The van der Waals surface area contributed by atoms with Crippen molar-refractivity contribution in [3.8, 4) is 10.4 Å². The fourth-order valence-corrected chi connectivity index (χ4v) is 3.75. The quantitative estimate of drug-likeness (QED) is 0.927. The molecule has 2 N–H and O–H groups in total. The van der Waals surface area contributed by atoms with Gasteiger partial charge in [-0.05, 0) is 42.7 Å². The molecule has 2 heterocycles. The van der Waals surface area contributed by atoms with Crippen LogP contribution in [0.25, 0.3) is 10.4 Å². The Hall–Kier alpha value is -1.72.